The molecular formula is C11H11N3O2S. The van der Waals surface area contributed by atoms with Crippen molar-refractivity contribution in [3.8, 4) is 0 Å². The van der Waals surface area contributed by atoms with Crippen molar-refractivity contribution < 1.29 is 9.90 Å². The van der Waals surface area contributed by atoms with Crippen molar-refractivity contribution >= 4 is 17.7 Å². The zero-order chi connectivity index (χ0) is 12.4. The molecule has 0 bridgehead atoms. The van der Waals surface area contributed by atoms with Crippen LogP contribution in [-0.2, 0) is 7.05 Å². The summed E-state index contributed by atoms with van der Waals surface area (Å²) in [4.78, 5) is 16.2. The van der Waals surface area contributed by atoms with Crippen LogP contribution in [-0.4, -0.2) is 25.8 Å². The number of pyridine rings is 1. The van der Waals surface area contributed by atoms with Crippen molar-refractivity contribution in [2.75, 3.05) is 0 Å². The topological polar surface area (TPSA) is 68.0 Å². The SMILES string of the molecule is Cc1ccc(C(=O)O)c(Sc2cnn(C)c2)n1. The van der Waals surface area contributed by atoms with Gasteiger partial charge < -0.3 is 5.11 Å². The van der Waals surface area contributed by atoms with E-state index in [1.807, 2.05) is 20.2 Å². The van der Waals surface area contributed by atoms with Gasteiger partial charge in [0.05, 0.1) is 16.7 Å². The van der Waals surface area contributed by atoms with Gasteiger partial charge in [-0.3, -0.25) is 4.68 Å². The zero-order valence-electron chi connectivity index (χ0n) is 9.41. The predicted octanol–water partition coefficient (Wildman–Crippen LogP) is 1.97. The first-order valence-electron chi connectivity index (χ1n) is 4.93. The number of aromatic nitrogens is 3. The van der Waals surface area contributed by atoms with E-state index in [1.165, 1.54) is 11.8 Å². The van der Waals surface area contributed by atoms with Gasteiger partial charge in [-0.05, 0) is 19.1 Å². The Kier molecular flexibility index (Phi) is 3.14. The summed E-state index contributed by atoms with van der Waals surface area (Å²) in [7, 11) is 1.81. The number of carboxylic acid groups (broad SMARTS) is 1. The van der Waals surface area contributed by atoms with Crippen LogP contribution < -0.4 is 0 Å². The Balaban J connectivity index is 2.37. The first kappa shape index (κ1) is 11.7. The summed E-state index contributed by atoms with van der Waals surface area (Å²) >= 11 is 1.30. The molecule has 0 fully saturated rings. The first-order valence-corrected chi connectivity index (χ1v) is 5.75. The third-order valence-electron chi connectivity index (χ3n) is 2.13. The van der Waals surface area contributed by atoms with Gasteiger partial charge in [0.2, 0.25) is 0 Å². The number of nitrogens with zero attached hydrogens (tertiary/aromatic N) is 3. The molecule has 5 nitrogen and oxygen atoms in total. The van der Waals surface area contributed by atoms with Gasteiger partial charge in [-0.1, -0.05) is 11.8 Å². The molecule has 2 aromatic rings. The van der Waals surface area contributed by atoms with E-state index in [-0.39, 0.29) is 5.56 Å². The van der Waals surface area contributed by atoms with Gasteiger partial charge >= 0.3 is 5.97 Å². The molecule has 88 valence electrons. The van der Waals surface area contributed by atoms with Gasteiger partial charge in [0.15, 0.2) is 0 Å². The zero-order valence-corrected chi connectivity index (χ0v) is 10.2. The smallest absolute Gasteiger partial charge is 0.338 e. The van der Waals surface area contributed by atoms with Crippen LogP contribution in [0.25, 0.3) is 0 Å². The number of hydrogen-bond acceptors (Lipinski definition) is 4. The summed E-state index contributed by atoms with van der Waals surface area (Å²) in [6.07, 6.45) is 3.50. The maximum absolute atomic E-state index is 11.1. The van der Waals surface area contributed by atoms with Crippen molar-refractivity contribution in [3.63, 3.8) is 0 Å². The van der Waals surface area contributed by atoms with E-state index in [4.69, 9.17) is 5.11 Å². The minimum atomic E-state index is -0.969. The summed E-state index contributed by atoms with van der Waals surface area (Å²) in [6, 6.07) is 3.26. The van der Waals surface area contributed by atoms with Crippen LogP contribution >= 0.6 is 11.8 Å². The lowest BCUT2D eigenvalue weighted by molar-refractivity contribution is 0.0692. The van der Waals surface area contributed by atoms with Crippen LogP contribution in [0.1, 0.15) is 16.1 Å². The van der Waals surface area contributed by atoms with E-state index in [0.717, 1.165) is 10.6 Å². The largest absolute Gasteiger partial charge is 0.478 e. The highest BCUT2D eigenvalue weighted by Crippen LogP contribution is 2.28. The van der Waals surface area contributed by atoms with Crippen molar-refractivity contribution in [3.05, 3.63) is 35.8 Å². The molecule has 0 aliphatic carbocycles. The Morgan fingerprint density at radius 1 is 1.47 bits per heavy atom. The number of aryl methyl sites for hydroxylation is 2. The van der Waals surface area contributed by atoms with E-state index >= 15 is 0 Å². The summed E-state index contributed by atoms with van der Waals surface area (Å²) in [6.45, 7) is 1.83. The fraction of sp³-hybridized carbons (Fsp3) is 0.182. The summed E-state index contributed by atoms with van der Waals surface area (Å²) in [5, 5.41) is 13.6. The molecule has 2 aromatic heterocycles. The molecular weight excluding hydrogens is 238 g/mol. The lowest BCUT2D eigenvalue weighted by atomic mass is 10.2. The highest BCUT2D eigenvalue weighted by atomic mass is 32.2. The second kappa shape index (κ2) is 4.58. The molecule has 0 saturated carbocycles. The maximum atomic E-state index is 11.1. The van der Waals surface area contributed by atoms with Gasteiger partial charge in [0, 0.05) is 18.9 Å². The molecule has 2 rings (SSSR count). The van der Waals surface area contributed by atoms with Crippen LogP contribution in [0.3, 0.4) is 0 Å². The molecule has 0 aliphatic heterocycles. The molecule has 0 atom stereocenters. The molecule has 0 spiro atoms. The Labute approximate surface area is 102 Å². The molecule has 0 aromatic carbocycles. The molecule has 0 saturated heterocycles. The van der Waals surface area contributed by atoms with Crippen LogP contribution in [0, 0.1) is 6.92 Å². The van der Waals surface area contributed by atoms with Crippen molar-refractivity contribution in [2.45, 2.75) is 16.8 Å². The Bertz CT molecular complexity index is 566. The second-order valence-electron chi connectivity index (χ2n) is 3.56. The van der Waals surface area contributed by atoms with Gasteiger partial charge in [-0.25, -0.2) is 9.78 Å². The molecule has 0 amide bonds. The number of carboxylic acids is 1. The first-order chi connectivity index (χ1) is 8.06. The van der Waals surface area contributed by atoms with Gasteiger partial charge in [0.1, 0.15) is 5.03 Å². The van der Waals surface area contributed by atoms with E-state index in [0.29, 0.717) is 5.03 Å². The molecule has 2 heterocycles. The minimum Gasteiger partial charge on any atom is -0.478 e. The number of aromatic carboxylic acids is 1. The minimum absolute atomic E-state index is 0.212. The van der Waals surface area contributed by atoms with Crippen LogP contribution in [0.2, 0.25) is 0 Å². The number of hydrogen-bond donors (Lipinski definition) is 1. The summed E-state index contributed by atoms with van der Waals surface area (Å²) < 4.78 is 1.67. The Morgan fingerprint density at radius 3 is 2.82 bits per heavy atom. The maximum Gasteiger partial charge on any atom is 0.338 e. The van der Waals surface area contributed by atoms with Crippen LogP contribution in [0.15, 0.2) is 34.4 Å². The summed E-state index contributed by atoms with van der Waals surface area (Å²) in [5.74, 6) is -0.969. The average molecular weight is 249 g/mol. The van der Waals surface area contributed by atoms with E-state index < -0.39 is 5.97 Å². The Hall–Kier alpha value is -1.82. The molecule has 1 N–H and O–H groups in total. The van der Waals surface area contributed by atoms with Gasteiger partial charge in [-0.15, -0.1) is 0 Å². The highest BCUT2D eigenvalue weighted by Gasteiger charge is 2.13. The lowest BCUT2D eigenvalue weighted by Gasteiger charge is -2.04. The number of carbonyl (C=O) groups is 1. The third-order valence-corrected chi connectivity index (χ3v) is 3.08. The van der Waals surface area contributed by atoms with Gasteiger partial charge in [0.25, 0.3) is 0 Å². The van der Waals surface area contributed by atoms with Crippen molar-refractivity contribution in [1.82, 2.24) is 14.8 Å². The standard InChI is InChI=1S/C11H11N3O2S/c1-7-3-4-9(11(15)16)10(13-7)17-8-5-12-14(2)6-8/h3-6H,1-2H3,(H,15,16). The molecule has 0 unspecified atom stereocenters. The average Bonchev–Trinajstić information content (AvgIpc) is 2.63. The monoisotopic (exact) mass is 249 g/mol. The molecule has 17 heavy (non-hydrogen) atoms. The number of rotatable bonds is 3. The predicted molar refractivity (Wildman–Crippen MR) is 63.3 cm³/mol. The van der Waals surface area contributed by atoms with E-state index in [9.17, 15) is 4.79 Å². The van der Waals surface area contributed by atoms with Crippen molar-refractivity contribution in [2.24, 2.45) is 7.05 Å². The highest BCUT2D eigenvalue weighted by molar-refractivity contribution is 7.99. The molecule has 0 aliphatic rings. The fourth-order valence-corrected chi connectivity index (χ4v) is 2.32. The normalized spacial score (nSPS) is 10.5. The van der Waals surface area contributed by atoms with Gasteiger partial charge in [-0.2, -0.15) is 5.10 Å². The van der Waals surface area contributed by atoms with Crippen molar-refractivity contribution in [1.29, 1.82) is 0 Å². The van der Waals surface area contributed by atoms with Crippen LogP contribution in [0.5, 0.6) is 0 Å². The molecule has 0 radical (unpaired) electrons. The fourth-order valence-electron chi connectivity index (χ4n) is 1.34. The summed E-state index contributed by atoms with van der Waals surface area (Å²) in [5.41, 5.74) is 1.01. The molecule has 6 heteroatoms. The van der Waals surface area contributed by atoms with E-state index in [1.54, 1.807) is 23.0 Å². The van der Waals surface area contributed by atoms with Crippen LogP contribution in [0.4, 0.5) is 0 Å². The lowest BCUT2D eigenvalue weighted by Crippen LogP contribution is -2.01. The third kappa shape index (κ3) is 2.65. The van der Waals surface area contributed by atoms with E-state index in [2.05, 4.69) is 10.1 Å². The second-order valence-corrected chi connectivity index (χ2v) is 4.62. The quantitative estimate of drug-likeness (QED) is 0.900. The Morgan fingerprint density at radius 2 is 2.24 bits per heavy atom.